The molecule has 0 bridgehead atoms. The van der Waals surface area contributed by atoms with Gasteiger partial charge in [0.2, 0.25) is 0 Å². The van der Waals surface area contributed by atoms with Crippen LogP contribution in [0.5, 0.6) is 0 Å². The SMILES string of the molecule is CSC1=N[C@H](c2ccccc2F)[C@H](c2ccccc2F)N1C(=O)O. The van der Waals surface area contributed by atoms with Crippen LogP contribution in [0.3, 0.4) is 0 Å². The average molecular weight is 348 g/mol. The van der Waals surface area contributed by atoms with E-state index < -0.39 is 29.8 Å². The number of nitrogens with zero attached hydrogens (tertiary/aromatic N) is 2. The average Bonchev–Trinajstić information content (AvgIpc) is 2.95. The first kappa shape index (κ1) is 16.4. The molecule has 4 nitrogen and oxygen atoms in total. The van der Waals surface area contributed by atoms with Crippen LogP contribution in [-0.2, 0) is 0 Å². The van der Waals surface area contributed by atoms with Crippen molar-refractivity contribution in [2.24, 2.45) is 4.99 Å². The predicted octanol–water partition coefficient (Wildman–Crippen LogP) is 4.46. The Morgan fingerprint density at radius 3 is 2.12 bits per heavy atom. The monoisotopic (exact) mass is 348 g/mol. The summed E-state index contributed by atoms with van der Waals surface area (Å²) < 4.78 is 28.6. The Hall–Kier alpha value is -2.41. The van der Waals surface area contributed by atoms with Gasteiger partial charge < -0.3 is 5.11 Å². The van der Waals surface area contributed by atoms with Gasteiger partial charge in [-0.05, 0) is 18.4 Å². The highest BCUT2D eigenvalue weighted by Crippen LogP contribution is 2.45. The second-order valence-corrected chi connectivity index (χ2v) is 5.97. The van der Waals surface area contributed by atoms with Crippen LogP contribution in [0.15, 0.2) is 53.5 Å². The molecule has 0 spiro atoms. The molecule has 1 N–H and O–H groups in total. The van der Waals surface area contributed by atoms with Gasteiger partial charge in [-0.15, -0.1) is 0 Å². The zero-order valence-electron chi connectivity index (χ0n) is 12.7. The maximum atomic E-state index is 14.3. The van der Waals surface area contributed by atoms with Gasteiger partial charge >= 0.3 is 6.09 Å². The van der Waals surface area contributed by atoms with Crippen molar-refractivity contribution in [1.82, 2.24) is 4.90 Å². The highest BCUT2D eigenvalue weighted by molar-refractivity contribution is 8.13. The van der Waals surface area contributed by atoms with Gasteiger partial charge in [-0.2, -0.15) is 0 Å². The third kappa shape index (κ3) is 2.75. The highest BCUT2D eigenvalue weighted by Gasteiger charge is 2.43. The van der Waals surface area contributed by atoms with Crippen LogP contribution in [0.4, 0.5) is 13.6 Å². The molecule has 1 heterocycles. The largest absolute Gasteiger partial charge is 0.465 e. The Balaban J connectivity index is 2.18. The summed E-state index contributed by atoms with van der Waals surface area (Å²) in [5, 5.41) is 9.80. The van der Waals surface area contributed by atoms with E-state index >= 15 is 0 Å². The minimum absolute atomic E-state index is 0.168. The number of carboxylic acid groups (broad SMARTS) is 1. The van der Waals surface area contributed by atoms with Crippen LogP contribution < -0.4 is 0 Å². The minimum atomic E-state index is -1.25. The molecule has 0 fully saturated rings. The third-order valence-corrected chi connectivity index (χ3v) is 4.54. The van der Waals surface area contributed by atoms with E-state index in [9.17, 15) is 18.7 Å². The topological polar surface area (TPSA) is 52.9 Å². The van der Waals surface area contributed by atoms with E-state index in [1.165, 1.54) is 24.3 Å². The van der Waals surface area contributed by atoms with E-state index in [1.807, 2.05) is 0 Å². The van der Waals surface area contributed by atoms with Crippen molar-refractivity contribution in [2.45, 2.75) is 12.1 Å². The van der Waals surface area contributed by atoms with Crippen LogP contribution in [0.25, 0.3) is 0 Å². The third-order valence-electron chi connectivity index (χ3n) is 3.87. The lowest BCUT2D eigenvalue weighted by atomic mass is 9.93. The number of aliphatic imine (C=N–C) groups is 1. The van der Waals surface area contributed by atoms with Gasteiger partial charge in [0.1, 0.15) is 17.7 Å². The summed E-state index contributed by atoms with van der Waals surface area (Å²) in [7, 11) is 0. The number of benzene rings is 2. The van der Waals surface area contributed by atoms with E-state index in [4.69, 9.17) is 0 Å². The Kier molecular flexibility index (Phi) is 4.53. The van der Waals surface area contributed by atoms with Crippen LogP contribution in [0.2, 0.25) is 0 Å². The fourth-order valence-corrected chi connectivity index (χ4v) is 3.45. The first-order valence-electron chi connectivity index (χ1n) is 7.17. The molecule has 24 heavy (non-hydrogen) atoms. The molecule has 124 valence electrons. The highest BCUT2D eigenvalue weighted by atomic mass is 32.2. The summed E-state index contributed by atoms with van der Waals surface area (Å²) in [5.74, 6) is -1.05. The van der Waals surface area contributed by atoms with Gasteiger partial charge in [0.05, 0.1) is 6.04 Å². The van der Waals surface area contributed by atoms with Crippen LogP contribution in [-0.4, -0.2) is 27.5 Å². The molecule has 1 amide bonds. The molecule has 0 saturated heterocycles. The Morgan fingerprint density at radius 1 is 1.08 bits per heavy atom. The Labute approximate surface area is 141 Å². The molecule has 2 atom stereocenters. The smallest absolute Gasteiger partial charge is 0.414 e. The minimum Gasteiger partial charge on any atom is -0.465 e. The molecular weight excluding hydrogens is 334 g/mol. The first-order chi connectivity index (χ1) is 11.5. The van der Waals surface area contributed by atoms with Crippen molar-refractivity contribution >= 4 is 23.0 Å². The second-order valence-electron chi connectivity index (χ2n) is 5.20. The summed E-state index contributed by atoms with van der Waals surface area (Å²) in [6.45, 7) is 0. The number of amides is 1. The van der Waals surface area contributed by atoms with Crippen molar-refractivity contribution < 1.29 is 18.7 Å². The van der Waals surface area contributed by atoms with E-state index in [0.717, 1.165) is 16.7 Å². The lowest BCUT2D eigenvalue weighted by Crippen LogP contribution is -2.35. The first-order valence-corrected chi connectivity index (χ1v) is 8.40. The molecule has 2 aromatic carbocycles. The zero-order valence-corrected chi connectivity index (χ0v) is 13.5. The molecule has 0 radical (unpaired) electrons. The number of hydrogen-bond acceptors (Lipinski definition) is 3. The van der Waals surface area contributed by atoms with E-state index in [-0.39, 0.29) is 16.3 Å². The maximum absolute atomic E-state index is 14.3. The summed E-state index contributed by atoms with van der Waals surface area (Å²) in [5.41, 5.74) is 0.405. The van der Waals surface area contributed by atoms with Crippen molar-refractivity contribution in [3.8, 4) is 0 Å². The Morgan fingerprint density at radius 2 is 1.62 bits per heavy atom. The number of carbonyl (C=O) groups is 1. The van der Waals surface area contributed by atoms with E-state index in [1.54, 1.807) is 30.5 Å². The zero-order chi connectivity index (χ0) is 17.3. The molecule has 3 rings (SSSR count). The van der Waals surface area contributed by atoms with Gasteiger partial charge in [0, 0.05) is 11.1 Å². The molecule has 1 aliphatic heterocycles. The molecule has 1 aliphatic rings. The summed E-state index contributed by atoms with van der Waals surface area (Å²) in [4.78, 5) is 17.1. The van der Waals surface area contributed by atoms with Gasteiger partial charge in [-0.25, -0.2) is 18.5 Å². The van der Waals surface area contributed by atoms with Gasteiger partial charge in [-0.3, -0.25) is 4.99 Å². The predicted molar refractivity (Wildman–Crippen MR) is 89.1 cm³/mol. The van der Waals surface area contributed by atoms with Gasteiger partial charge in [-0.1, -0.05) is 48.2 Å². The molecule has 7 heteroatoms. The molecule has 0 unspecified atom stereocenters. The molecule has 0 aromatic heterocycles. The summed E-state index contributed by atoms with van der Waals surface area (Å²) in [6, 6.07) is 10.1. The van der Waals surface area contributed by atoms with Crippen molar-refractivity contribution in [3.05, 3.63) is 71.3 Å². The van der Waals surface area contributed by atoms with Crippen molar-refractivity contribution in [2.75, 3.05) is 6.26 Å². The van der Waals surface area contributed by atoms with E-state index in [2.05, 4.69) is 4.99 Å². The molecule has 2 aromatic rings. The summed E-state index contributed by atoms with van der Waals surface area (Å²) >= 11 is 1.13. The lowest BCUT2D eigenvalue weighted by molar-refractivity contribution is 0.157. The molecular formula is C17H14F2N2O2S. The van der Waals surface area contributed by atoms with Crippen molar-refractivity contribution in [3.63, 3.8) is 0 Å². The van der Waals surface area contributed by atoms with E-state index in [0.29, 0.717) is 0 Å². The molecule has 0 saturated carbocycles. The lowest BCUT2D eigenvalue weighted by Gasteiger charge is -2.27. The Bertz CT molecular complexity index is 813. The summed E-state index contributed by atoms with van der Waals surface area (Å²) in [6.07, 6.45) is 0.423. The fourth-order valence-electron chi connectivity index (χ4n) is 2.84. The standard InChI is InChI=1S/C17H14F2N2O2S/c1-24-16-20-14(10-6-2-4-8-12(10)18)15(21(16)17(22)23)11-7-3-5-9-13(11)19/h2-9,14-15H,1H3,(H,22,23)/t14-,15+/m1/s1. The van der Waals surface area contributed by atoms with Gasteiger partial charge in [0.25, 0.3) is 0 Å². The number of rotatable bonds is 2. The molecule has 0 aliphatic carbocycles. The number of amidine groups is 1. The van der Waals surface area contributed by atoms with Crippen LogP contribution in [0, 0.1) is 11.6 Å². The quantitative estimate of drug-likeness (QED) is 0.872. The van der Waals surface area contributed by atoms with Gasteiger partial charge in [0.15, 0.2) is 5.17 Å². The second kappa shape index (κ2) is 6.60. The number of thioether (sulfide) groups is 1. The van der Waals surface area contributed by atoms with Crippen LogP contribution >= 0.6 is 11.8 Å². The number of hydrogen-bond donors (Lipinski definition) is 1. The normalized spacial score (nSPS) is 20.1. The fraction of sp³-hybridized carbons (Fsp3) is 0.176. The van der Waals surface area contributed by atoms with Crippen molar-refractivity contribution in [1.29, 1.82) is 0 Å². The maximum Gasteiger partial charge on any atom is 0.414 e. The van der Waals surface area contributed by atoms with Crippen LogP contribution in [0.1, 0.15) is 23.2 Å². The number of halogens is 2.